The summed E-state index contributed by atoms with van der Waals surface area (Å²) >= 11 is 2.21. The molecule has 0 radical (unpaired) electrons. The first-order valence-corrected chi connectivity index (χ1v) is 8.25. The lowest BCUT2D eigenvalue weighted by molar-refractivity contribution is -0.129. The summed E-state index contributed by atoms with van der Waals surface area (Å²) in [5.41, 5.74) is 1.85. The smallest absolute Gasteiger partial charge is 0.363 e. The molecule has 0 fully saturated rings. The quantitative estimate of drug-likeness (QED) is 0.427. The standard InChI is InChI=1S/C18H14INO3/c1-2-22-16-9-4-3-6-12(16)11-15-18(21)23-17(20-15)13-7-5-8-14(19)10-13/h3-11H,2H2,1H3/b15-11-. The molecule has 1 heterocycles. The lowest BCUT2D eigenvalue weighted by atomic mass is 10.1. The molecule has 0 saturated heterocycles. The van der Waals surface area contributed by atoms with Crippen LogP contribution in [0.1, 0.15) is 18.1 Å². The van der Waals surface area contributed by atoms with Gasteiger partial charge in [-0.25, -0.2) is 9.79 Å². The molecule has 2 aromatic carbocycles. The number of hydrogen-bond donors (Lipinski definition) is 0. The number of ether oxygens (including phenoxy) is 2. The van der Waals surface area contributed by atoms with Gasteiger partial charge in [0.1, 0.15) is 5.75 Å². The summed E-state index contributed by atoms with van der Waals surface area (Å²) in [6, 6.07) is 15.2. The van der Waals surface area contributed by atoms with Crippen molar-refractivity contribution >= 4 is 40.5 Å². The predicted molar refractivity (Wildman–Crippen MR) is 97.4 cm³/mol. The van der Waals surface area contributed by atoms with Gasteiger partial charge in [-0.05, 0) is 59.9 Å². The summed E-state index contributed by atoms with van der Waals surface area (Å²) in [6.07, 6.45) is 1.69. The van der Waals surface area contributed by atoms with Crippen LogP contribution in [0.15, 0.2) is 59.2 Å². The van der Waals surface area contributed by atoms with E-state index in [0.29, 0.717) is 18.3 Å². The fourth-order valence-corrected chi connectivity index (χ4v) is 2.73. The number of aliphatic imine (C=N–C) groups is 1. The molecule has 5 heteroatoms. The predicted octanol–water partition coefficient (Wildman–Crippen LogP) is 4.03. The van der Waals surface area contributed by atoms with Crippen LogP contribution < -0.4 is 4.74 Å². The van der Waals surface area contributed by atoms with Gasteiger partial charge in [0.15, 0.2) is 5.70 Å². The van der Waals surface area contributed by atoms with Crippen LogP contribution in [-0.2, 0) is 9.53 Å². The molecule has 0 N–H and O–H groups in total. The molecule has 0 saturated carbocycles. The molecule has 116 valence electrons. The highest BCUT2D eigenvalue weighted by atomic mass is 127. The zero-order valence-corrected chi connectivity index (χ0v) is 14.6. The van der Waals surface area contributed by atoms with Crippen LogP contribution in [0, 0.1) is 3.57 Å². The molecule has 1 aliphatic rings. The van der Waals surface area contributed by atoms with E-state index in [-0.39, 0.29) is 5.70 Å². The number of cyclic esters (lactones) is 1. The van der Waals surface area contributed by atoms with E-state index in [9.17, 15) is 4.79 Å². The van der Waals surface area contributed by atoms with Crippen LogP contribution in [0.5, 0.6) is 5.75 Å². The van der Waals surface area contributed by atoms with Gasteiger partial charge >= 0.3 is 5.97 Å². The number of esters is 1. The third kappa shape index (κ3) is 3.61. The van der Waals surface area contributed by atoms with Gasteiger partial charge in [-0.2, -0.15) is 0 Å². The topological polar surface area (TPSA) is 47.9 Å². The van der Waals surface area contributed by atoms with Gasteiger partial charge in [-0.3, -0.25) is 0 Å². The van der Waals surface area contributed by atoms with E-state index in [1.54, 1.807) is 6.08 Å². The highest BCUT2D eigenvalue weighted by Gasteiger charge is 2.24. The van der Waals surface area contributed by atoms with E-state index in [1.807, 2.05) is 55.5 Å². The van der Waals surface area contributed by atoms with Crippen molar-refractivity contribution < 1.29 is 14.3 Å². The minimum absolute atomic E-state index is 0.269. The van der Waals surface area contributed by atoms with E-state index >= 15 is 0 Å². The molecule has 0 aromatic heterocycles. The summed E-state index contributed by atoms with van der Waals surface area (Å²) in [6.45, 7) is 2.47. The van der Waals surface area contributed by atoms with E-state index in [4.69, 9.17) is 9.47 Å². The van der Waals surface area contributed by atoms with Crippen molar-refractivity contribution in [3.63, 3.8) is 0 Å². The average molecular weight is 419 g/mol. The Morgan fingerprint density at radius 3 is 2.83 bits per heavy atom. The number of rotatable bonds is 4. The van der Waals surface area contributed by atoms with Crippen LogP contribution in [0.2, 0.25) is 0 Å². The molecule has 23 heavy (non-hydrogen) atoms. The van der Waals surface area contributed by atoms with Gasteiger partial charge < -0.3 is 9.47 Å². The zero-order chi connectivity index (χ0) is 16.2. The van der Waals surface area contributed by atoms with Crippen LogP contribution in [0.3, 0.4) is 0 Å². The van der Waals surface area contributed by atoms with Crippen molar-refractivity contribution in [2.45, 2.75) is 6.92 Å². The minimum Gasteiger partial charge on any atom is -0.493 e. The molecule has 0 bridgehead atoms. The summed E-state index contributed by atoms with van der Waals surface area (Å²) in [5.74, 6) is 0.590. The van der Waals surface area contributed by atoms with Gasteiger partial charge in [0.2, 0.25) is 5.90 Å². The molecule has 4 nitrogen and oxygen atoms in total. The number of carbonyl (C=O) groups is 1. The third-order valence-electron chi connectivity index (χ3n) is 3.20. The van der Waals surface area contributed by atoms with Crippen LogP contribution in [0.25, 0.3) is 6.08 Å². The maximum atomic E-state index is 12.1. The maximum Gasteiger partial charge on any atom is 0.363 e. The number of benzene rings is 2. The summed E-state index contributed by atoms with van der Waals surface area (Å²) in [4.78, 5) is 16.4. The molecule has 3 rings (SSSR count). The number of hydrogen-bond acceptors (Lipinski definition) is 4. The second-order valence-corrected chi connectivity index (χ2v) is 6.06. The first kappa shape index (κ1) is 15.7. The second kappa shape index (κ2) is 6.95. The monoisotopic (exact) mass is 419 g/mol. The first-order valence-electron chi connectivity index (χ1n) is 7.17. The van der Waals surface area contributed by atoms with Gasteiger partial charge in [0.25, 0.3) is 0 Å². The summed E-state index contributed by atoms with van der Waals surface area (Å²) < 4.78 is 11.9. The molecule has 0 amide bonds. The lowest BCUT2D eigenvalue weighted by Gasteiger charge is -2.06. The van der Waals surface area contributed by atoms with E-state index in [1.165, 1.54) is 0 Å². The van der Waals surface area contributed by atoms with E-state index in [0.717, 1.165) is 14.7 Å². The number of para-hydroxylation sites is 1. The number of carbonyl (C=O) groups excluding carboxylic acids is 1. The van der Waals surface area contributed by atoms with Gasteiger partial charge in [0.05, 0.1) is 6.61 Å². The van der Waals surface area contributed by atoms with Crippen LogP contribution in [0.4, 0.5) is 0 Å². The molecule has 0 atom stereocenters. The second-order valence-electron chi connectivity index (χ2n) is 4.82. The maximum absolute atomic E-state index is 12.1. The molecular weight excluding hydrogens is 405 g/mol. The normalized spacial score (nSPS) is 15.5. The number of halogens is 1. The fraction of sp³-hybridized carbons (Fsp3) is 0.111. The number of nitrogens with zero attached hydrogens (tertiary/aromatic N) is 1. The lowest BCUT2D eigenvalue weighted by Crippen LogP contribution is -2.05. The van der Waals surface area contributed by atoms with Crippen molar-refractivity contribution in [1.82, 2.24) is 0 Å². The van der Waals surface area contributed by atoms with E-state index in [2.05, 4.69) is 27.6 Å². The molecule has 2 aromatic rings. The Balaban J connectivity index is 1.95. The molecule has 0 spiro atoms. The SMILES string of the molecule is CCOc1ccccc1/C=C1\N=C(c2cccc(I)c2)OC1=O. The third-order valence-corrected chi connectivity index (χ3v) is 3.87. The highest BCUT2D eigenvalue weighted by Crippen LogP contribution is 2.25. The van der Waals surface area contributed by atoms with Crippen molar-refractivity contribution in [3.8, 4) is 5.75 Å². The highest BCUT2D eigenvalue weighted by molar-refractivity contribution is 14.1. The van der Waals surface area contributed by atoms with Gasteiger partial charge in [0, 0.05) is 14.7 Å². The van der Waals surface area contributed by atoms with E-state index < -0.39 is 5.97 Å². The van der Waals surface area contributed by atoms with Crippen LogP contribution >= 0.6 is 22.6 Å². The largest absolute Gasteiger partial charge is 0.493 e. The summed E-state index contributed by atoms with van der Waals surface area (Å²) in [5, 5.41) is 0. The van der Waals surface area contributed by atoms with Crippen molar-refractivity contribution in [2.24, 2.45) is 4.99 Å². The van der Waals surface area contributed by atoms with Gasteiger partial charge in [-0.1, -0.05) is 24.3 Å². The molecule has 0 unspecified atom stereocenters. The van der Waals surface area contributed by atoms with Crippen molar-refractivity contribution in [1.29, 1.82) is 0 Å². The Morgan fingerprint density at radius 1 is 1.22 bits per heavy atom. The Kier molecular flexibility index (Phi) is 4.76. The van der Waals surface area contributed by atoms with Crippen LogP contribution in [-0.4, -0.2) is 18.5 Å². The van der Waals surface area contributed by atoms with Crippen molar-refractivity contribution in [3.05, 3.63) is 68.9 Å². The average Bonchev–Trinajstić information content (AvgIpc) is 2.91. The Bertz CT molecular complexity index is 811. The Labute approximate surface area is 148 Å². The van der Waals surface area contributed by atoms with Crippen molar-refractivity contribution in [2.75, 3.05) is 6.61 Å². The Morgan fingerprint density at radius 2 is 2.04 bits per heavy atom. The molecular formula is C18H14INO3. The molecule has 0 aliphatic carbocycles. The first-order chi connectivity index (χ1) is 11.2. The Hall–Kier alpha value is -2.15. The molecule has 1 aliphatic heterocycles. The zero-order valence-electron chi connectivity index (χ0n) is 12.5. The van der Waals surface area contributed by atoms with Gasteiger partial charge in [-0.15, -0.1) is 0 Å². The fourth-order valence-electron chi connectivity index (χ4n) is 2.19. The summed E-state index contributed by atoms with van der Waals surface area (Å²) in [7, 11) is 0. The minimum atomic E-state index is -0.454.